The van der Waals surface area contributed by atoms with Crippen LogP contribution in [-0.2, 0) is 33.5 Å². The zero-order valence-corrected chi connectivity index (χ0v) is 47.0. The fraction of sp³-hybridized carbons (Fsp3) is 0.0714. The standard InChI is InChI=1S/C70H50BN6O3.Pt/c1-70(2,3)48-37-38-72-68(41-48)77-60-36-33-47(46-20-7-5-8-21-46)40-54(60)55-43-64(76-58-28-14-11-24-51(58)52-25-12-15-29-59(52)76)67(44-62(55)77)78-50-34-35-56-63(42-50)75-45-74(49-22-9-6-10-23-49)61-30-19-32-66(69(61)75)80-71(56)79-65-31-16-13-26-53(65)57-27-17-18-39-73(57)4;/h5-41,43H,1-4H3;/q-1;. The fourth-order valence-corrected chi connectivity index (χ4v) is 11.6. The summed E-state index contributed by atoms with van der Waals surface area (Å²) in [4.78, 5) is 5.08. The fourth-order valence-electron chi connectivity index (χ4n) is 11.6. The van der Waals surface area contributed by atoms with Crippen molar-refractivity contribution in [3.63, 3.8) is 0 Å². The van der Waals surface area contributed by atoms with E-state index in [-0.39, 0.29) is 26.5 Å². The number of benzene rings is 9. The van der Waals surface area contributed by atoms with Crippen molar-refractivity contribution in [3.05, 3.63) is 255 Å². The maximum Gasteiger partial charge on any atom is 0.552 e. The molecule has 0 saturated heterocycles. The summed E-state index contributed by atoms with van der Waals surface area (Å²) in [6.45, 7) is 6.70. The number of pyridine rings is 2. The Morgan fingerprint density at radius 3 is 2.10 bits per heavy atom. The van der Waals surface area contributed by atoms with Gasteiger partial charge < -0.3 is 27.7 Å². The van der Waals surface area contributed by atoms with E-state index in [1.54, 1.807) is 0 Å². The van der Waals surface area contributed by atoms with Crippen molar-refractivity contribution in [3.8, 4) is 68.3 Å². The molecule has 0 saturated carbocycles. The third-order valence-electron chi connectivity index (χ3n) is 15.5. The monoisotopic (exact) mass is 1230 g/mol. The van der Waals surface area contributed by atoms with Gasteiger partial charge in [-0.05, 0) is 106 Å². The zero-order valence-electron chi connectivity index (χ0n) is 44.7. The van der Waals surface area contributed by atoms with Gasteiger partial charge in [-0.15, -0.1) is 24.3 Å². The molecule has 6 heterocycles. The van der Waals surface area contributed by atoms with Crippen LogP contribution in [0.25, 0.3) is 99.9 Å². The van der Waals surface area contributed by atoms with Crippen LogP contribution >= 0.6 is 0 Å². The molecule has 9 nitrogen and oxygen atoms in total. The van der Waals surface area contributed by atoms with E-state index in [2.05, 4.69) is 203 Å². The van der Waals surface area contributed by atoms with E-state index < -0.39 is 7.12 Å². The number of fused-ring (bicyclic) bond motifs is 8. The number of aromatic nitrogens is 6. The van der Waals surface area contributed by atoms with Gasteiger partial charge in [-0.3, -0.25) is 4.57 Å². The number of imidazole rings is 1. The van der Waals surface area contributed by atoms with Crippen LogP contribution in [0.1, 0.15) is 26.3 Å². The van der Waals surface area contributed by atoms with Crippen LogP contribution in [0.4, 0.5) is 0 Å². The van der Waals surface area contributed by atoms with Crippen molar-refractivity contribution >= 4 is 67.2 Å². The predicted molar refractivity (Wildman–Crippen MR) is 318 cm³/mol. The first-order valence-electron chi connectivity index (χ1n) is 26.9. The molecule has 0 atom stereocenters. The molecule has 1 aliphatic rings. The summed E-state index contributed by atoms with van der Waals surface area (Å²) in [6, 6.07) is 83.3. The molecule has 0 N–H and O–H groups in total. The Kier molecular flexibility index (Phi) is 12.1. The number of hydrogen-bond donors (Lipinski definition) is 0. The molecule has 0 bridgehead atoms. The smallest absolute Gasteiger partial charge is 0.536 e. The third-order valence-corrected chi connectivity index (χ3v) is 15.5. The molecule has 0 radical (unpaired) electrons. The van der Waals surface area contributed by atoms with Crippen molar-refractivity contribution in [2.75, 3.05) is 0 Å². The summed E-state index contributed by atoms with van der Waals surface area (Å²) in [5.74, 6) is 3.05. The van der Waals surface area contributed by atoms with E-state index in [1.807, 2.05) is 96.8 Å². The summed E-state index contributed by atoms with van der Waals surface area (Å²) in [7, 11) is 1.13. The van der Waals surface area contributed by atoms with Gasteiger partial charge in [-0.2, -0.15) is 6.07 Å². The van der Waals surface area contributed by atoms with Gasteiger partial charge in [-0.1, -0.05) is 158 Å². The SMILES string of the molecule is C[n+]1ccccc1-c1ccccc1OB1Oc2cccc3c2n([c-][n+]3-c2ccccc2)-c2[c-]c(Oc3[c-]c4c(cc3-n3c5ccccc5c5ccccc53)c3cc(-c5ccccc5)ccc3n4-c3cc(C(C)(C)C)ccn3)ccc21.[Pt]. The molecule has 0 spiro atoms. The van der Waals surface area contributed by atoms with Crippen LogP contribution in [0.2, 0.25) is 0 Å². The second kappa shape index (κ2) is 19.7. The Bertz CT molecular complexity index is 4720. The Morgan fingerprint density at radius 2 is 1.32 bits per heavy atom. The summed E-state index contributed by atoms with van der Waals surface area (Å²) < 4.78 is 32.3. The zero-order chi connectivity index (χ0) is 53.6. The first kappa shape index (κ1) is 49.8. The summed E-state index contributed by atoms with van der Waals surface area (Å²) in [5, 5.41) is 4.34. The molecule has 0 unspecified atom stereocenters. The Morgan fingerprint density at radius 1 is 0.605 bits per heavy atom. The van der Waals surface area contributed by atoms with Gasteiger partial charge in [0.05, 0.1) is 16.8 Å². The van der Waals surface area contributed by atoms with E-state index >= 15 is 0 Å². The number of rotatable bonds is 9. The van der Waals surface area contributed by atoms with Gasteiger partial charge in [0.2, 0.25) is 5.69 Å². The molecular weight excluding hydrogens is 1180 g/mol. The van der Waals surface area contributed by atoms with Crippen molar-refractivity contribution in [1.82, 2.24) is 18.7 Å². The average molecular weight is 1230 g/mol. The minimum atomic E-state index is -0.904. The van der Waals surface area contributed by atoms with E-state index in [0.29, 0.717) is 28.7 Å². The molecule has 392 valence electrons. The van der Waals surface area contributed by atoms with E-state index in [1.165, 1.54) is 5.56 Å². The van der Waals surface area contributed by atoms with Crippen LogP contribution in [0, 0.1) is 18.5 Å². The molecule has 0 aliphatic carbocycles. The van der Waals surface area contributed by atoms with Gasteiger partial charge in [0.25, 0.3) is 6.33 Å². The van der Waals surface area contributed by atoms with Crippen LogP contribution in [0.5, 0.6) is 23.0 Å². The van der Waals surface area contributed by atoms with Crippen LogP contribution in [0.3, 0.4) is 0 Å². The van der Waals surface area contributed by atoms with Crippen molar-refractivity contribution in [2.24, 2.45) is 7.05 Å². The first-order chi connectivity index (χ1) is 39.2. The number of aryl methyl sites for hydroxylation is 1. The largest absolute Gasteiger partial charge is 0.552 e. The second-order valence-corrected chi connectivity index (χ2v) is 21.4. The van der Waals surface area contributed by atoms with E-state index in [4.69, 9.17) is 19.0 Å². The Hall–Kier alpha value is -9.50. The van der Waals surface area contributed by atoms with Crippen molar-refractivity contribution < 1.29 is 44.2 Å². The minimum absolute atomic E-state index is 0. The van der Waals surface area contributed by atoms with Gasteiger partial charge in [0, 0.05) is 78.2 Å². The number of ether oxygens (including phenoxy) is 1. The normalized spacial score (nSPS) is 12.2. The quantitative estimate of drug-likeness (QED) is 0.0821. The summed E-state index contributed by atoms with van der Waals surface area (Å²) >= 11 is 0. The summed E-state index contributed by atoms with van der Waals surface area (Å²) in [5.41, 5.74) is 14.0. The number of para-hydroxylation sites is 5. The summed E-state index contributed by atoms with van der Waals surface area (Å²) in [6.07, 6.45) is 7.67. The Labute approximate surface area is 483 Å². The van der Waals surface area contributed by atoms with Crippen LogP contribution < -0.4 is 28.6 Å². The van der Waals surface area contributed by atoms with E-state index in [9.17, 15) is 0 Å². The van der Waals surface area contributed by atoms with Gasteiger partial charge in [0.1, 0.15) is 29.9 Å². The molecule has 81 heavy (non-hydrogen) atoms. The molecular formula is C70H50BN6O3Pt-. The molecule has 14 aromatic rings. The third kappa shape index (κ3) is 8.40. The van der Waals surface area contributed by atoms with Crippen LogP contribution in [-0.4, -0.2) is 25.8 Å². The van der Waals surface area contributed by atoms with Gasteiger partial charge >= 0.3 is 7.12 Å². The first-order valence-corrected chi connectivity index (χ1v) is 26.9. The van der Waals surface area contributed by atoms with Crippen molar-refractivity contribution in [1.29, 1.82) is 0 Å². The number of hydrogen-bond acceptors (Lipinski definition) is 4. The Balaban J connectivity index is 0.00000589. The molecule has 5 aromatic heterocycles. The second-order valence-electron chi connectivity index (χ2n) is 21.4. The molecule has 0 amide bonds. The van der Waals surface area contributed by atoms with Crippen LogP contribution in [0.15, 0.2) is 231 Å². The molecule has 11 heteroatoms. The minimum Gasteiger partial charge on any atom is -0.536 e. The predicted octanol–water partition coefficient (Wildman–Crippen LogP) is 14.3. The number of nitrogens with zero attached hydrogens (tertiary/aromatic N) is 6. The maximum atomic E-state index is 7.44. The van der Waals surface area contributed by atoms with Crippen molar-refractivity contribution in [2.45, 2.75) is 26.2 Å². The van der Waals surface area contributed by atoms with Gasteiger partial charge in [-0.25, -0.2) is 9.55 Å². The molecule has 1 aliphatic heterocycles. The maximum absolute atomic E-state index is 7.44. The molecule has 15 rings (SSSR count). The molecule has 9 aromatic carbocycles. The topological polar surface area (TPSA) is 63.1 Å². The molecule has 0 fully saturated rings. The van der Waals surface area contributed by atoms with Gasteiger partial charge in [0.15, 0.2) is 6.20 Å². The van der Waals surface area contributed by atoms with E-state index in [0.717, 1.165) is 99.7 Å². The average Bonchev–Trinajstić information content (AvgIpc) is 4.22.